The monoisotopic (exact) mass is 367 g/mol. The molecular formula is C22H29N3O2. The van der Waals surface area contributed by atoms with E-state index >= 15 is 0 Å². The molecule has 1 saturated heterocycles. The molecule has 0 saturated carbocycles. The van der Waals surface area contributed by atoms with Crippen LogP contribution in [0.25, 0.3) is 0 Å². The first-order valence-electron chi connectivity index (χ1n) is 9.52. The fourth-order valence-electron chi connectivity index (χ4n) is 3.02. The van der Waals surface area contributed by atoms with Crippen LogP contribution in [-0.4, -0.2) is 25.3 Å². The molecule has 0 bridgehead atoms. The molecule has 1 aliphatic rings. The summed E-state index contributed by atoms with van der Waals surface area (Å²) in [7, 11) is 0. The van der Waals surface area contributed by atoms with E-state index in [4.69, 9.17) is 15.2 Å². The lowest BCUT2D eigenvalue weighted by Gasteiger charge is -2.16. The van der Waals surface area contributed by atoms with Gasteiger partial charge in [-0.25, -0.2) is 4.99 Å². The number of nitrogens with zero attached hydrogens (tertiary/aromatic N) is 1. The maximum atomic E-state index is 6.12. The van der Waals surface area contributed by atoms with Crippen LogP contribution >= 0.6 is 0 Å². The summed E-state index contributed by atoms with van der Waals surface area (Å²) >= 11 is 0. The van der Waals surface area contributed by atoms with Gasteiger partial charge in [0.25, 0.3) is 0 Å². The van der Waals surface area contributed by atoms with Crippen molar-refractivity contribution < 1.29 is 9.47 Å². The second kappa shape index (κ2) is 8.91. The van der Waals surface area contributed by atoms with Crippen molar-refractivity contribution in [2.75, 3.05) is 18.5 Å². The second-order valence-corrected chi connectivity index (χ2v) is 7.32. The average Bonchev–Trinajstić information content (AvgIpc) is 3.14. The van der Waals surface area contributed by atoms with Gasteiger partial charge in [-0.05, 0) is 42.2 Å². The zero-order valence-electron chi connectivity index (χ0n) is 16.4. The Balaban J connectivity index is 1.68. The molecule has 3 N–H and O–H groups in total. The number of nitrogens with one attached hydrogen (secondary N) is 1. The van der Waals surface area contributed by atoms with E-state index in [2.05, 4.69) is 61.4 Å². The number of nitrogens with two attached hydrogens (primary N) is 1. The topological polar surface area (TPSA) is 68.9 Å². The first-order chi connectivity index (χ1) is 13.0. The van der Waals surface area contributed by atoms with Gasteiger partial charge in [0.1, 0.15) is 11.9 Å². The van der Waals surface area contributed by atoms with Gasteiger partial charge in [-0.15, -0.1) is 0 Å². The number of aliphatic imine (C=N–C) groups is 1. The number of aryl methyl sites for hydroxylation is 1. The van der Waals surface area contributed by atoms with Crippen LogP contribution in [0.2, 0.25) is 0 Å². The molecule has 0 spiro atoms. The van der Waals surface area contributed by atoms with Gasteiger partial charge in [0, 0.05) is 17.7 Å². The van der Waals surface area contributed by atoms with E-state index in [0.717, 1.165) is 35.6 Å². The molecule has 5 heteroatoms. The minimum absolute atomic E-state index is 0.115. The number of rotatable bonds is 6. The van der Waals surface area contributed by atoms with Crippen LogP contribution in [0.1, 0.15) is 42.9 Å². The molecule has 0 aliphatic carbocycles. The SMILES string of the molecule is Cc1ccc(CN=C(N)Nc2cccc(C(C)C)c2)c(OC2CCOC2)c1. The van der Waals surface area contributed by atoms with Gasteiger partial charge >= 0.3 is 0 Å². The summed E-state index contributed by atoms with van der Waals surface area (Å²) in [6.45, 7) is 8.27. The second-order valence-electron chi connectivity index (χ2n) is 7.32. The molecular weight excluding hydrogens is 338 g/mol. The molecule has 0 aromatic heterocycles. The molecule has 5 nitrogen and oxygen atoms in total. The Kier molecular flexibility index (Phi) is 6.35. The lowest BCUT2D eigenvalue weighted by atomic mass is 10.0. The standard InChI is InChI=1S/C22H29N3O2/c1-15(2)17-5-4-6-19(12-17)25-22(23)24-13-18-8-7-16(3)11-21(18)27-20-9-10-26-14-20/h4-8,11-12,15,20H,9-10,13-14H2,1-3H3,(H3,23,24,25). The van der Waals surface area contributed by atoms with Crippen LogP contribution < -0.4 is 15.8 Å². The number of hydrogen-bond donors (Lipinski definition) is 2. The fraction of sp³-hybridized carbons (Fsp3) is 0.409. The van der Waals surface area contributed by atoms with Crippen molar-refractivity contribution in [3.8, 4) is 5.75 Å². The maximum Gasteiger partial charge on any atom is 0.193 e. The summed E-state index contributed by atoms with van der Waals surface area (Å²) in [4.78, 5) is 4.50. The molecule has 0 radical (unpaired) electrons. The lowest BCUT2D eigenvalue weighted by Crippen LogP contribution is -2.23. The Labute approximate surface area is 161 Å². The number of benzene rings is 2. The lowest BCUT2D eigenvalue weighted by molar-refractivity contribution is 0.140. The summed E-state index contributed by atoms with van der Waals surface area (Å²) in [6.07, 6.45) is 1.04. The van der Waals surface area contributed by atoms with Crippen LogP contribution in [0, 0.1) is 6.92 Å². The highest BCUT2D eigenvalue weighted by atomic mass is 16.5. The molecule has 1 unspecified atom stereocenters. The first kappa shape index (κ1) is 19.2. The molecule has 2 aromatic rings. The average molecular weight is 367 g/mol. The van der Waals surface area contributed by atoms with Gasteiger partial charge in [-0.3, -0.25) is 0 Å². The molecule has 3 rings (SSSR count). The Hall–Kier alpha value is -2.53. The maximum absolute atomic E-state index is 6.12. The minimum atomic E-state index is 0.115. The van der Waals surface area contributed by atoms with E-state index in [-0.39, 0.29) is 6.10 Å². The van der Waals surface area contributed by atoms with E-state index in [0.29, 0.717) is 25.0 Å². The first-order valence-corrected chi connectivity index (χ1v) is 9.52. The number of guanidine groups is 1. The van der Waals surface area contributed by atoms with E-state index in [1.807, 2.05) is 12.1 Å². The zero-order chi connectivity index (χ0) is 19.2. The van der Waals surface area contributed by atoms with Crippen molar-refractivity contribution in [3.05, 3.63) is 59.2 Å². The molecule has 1 aliphatic heterocycles. The van der Waals surface area contributed by atoms with Gasteiger partial charge in [-0.2, -0.15) is 0 Å². The molecule has 27 heavy (non-hydrogen) atoms. The predicted octanol–water partition coefficient (Wildman–Crippen LogP) is 4.21. The highest BCUT2D eigenvalue weighted by molar-refractivity contribution is 5.92. The third-order valence-electron chi connectivity index (χ3n) is 4.65. The van der Waals surface area contributed by atoms with Crippen molar-refractivity contribution in [2.24, 2.45) is 10.7 Å². The smallest absolute Gasteiger partial charge is 0.193 e. The van der Waals surface area contributed by atoms with E-state index < -0.39 is 0 Å². The zero-order valence-corrected chi connectivity index (χ0v) is 16.4. The van der Waals surface area contributed by atoms with Gasteiger partial charge in [0.2, 0.25) is 0 Å². The Morgan fingerprint density at radius 2 is 2.15 bits per heavy atom. The molecule has 1 atom stereocenters. The predicted molar refractivity (Wildman–Crippen MR) is 111 cm³/mol. The number of ether oxygens (including phenoxy) is 2. The molecule has 1 heterocycles. The highest BCUT2D eigenvalue weighted by Crippen LogP contribution is 2.24. The summed E-state index contributed by atoms with van der Waals surface area (Å²) in [5.41, 5.74) is 10.5. The quantitative estimate of drug-likeness (QED) is 0.593. The Morgan fingerprint density at radius 3 is 2.89 bits per heavy atom. The Bertz CT molecular complexity index is 796. The summed E-state index contributed by atoms with van der Waals surface area (Å²) in [5, 5.41) is 3.18. The van der Waals surface area contributed by atoms with Crippen molar-refractivity contribution in [2.45, 2.75) is 45.8 Å². The summed E-state index contributed by atoms with van der Waals surface area (Å²) in [6, 6.07) is 14.4. The van der Waals surface area contributed by atoms with Gasteiger partial charge in [0.15, 0.2) is 5.96 Å². The number of anilines is 1. The molecule has 1 fully saturated rings. The Morgan fingerprint density at radius 1 is 1.30 bits per heavy atom. The van der Waals surface area contributed by atoms with Crippen LogP contribution in [0.5, 0.6) is 5.75 Å². The fourth-order valence-corrected chi connectivity index (χ4v) is 3.02. The van der Waals surface area contributed by atoms with E-state index in [9.17, 15) is 0 Å². The van der Waals surface area contributed by atoms with Gasteiger partial charge in [0.05, 0.1) is 19.8 Å². The summed E-state index contributed by atoms with van der Waals surface area (Å²) in [5.74, 6) is 1.73. The van der Waals surface area contributed by atoms with Crippen molar-refractivity contribution in [3.63, 3.8) is 0 Å². The van der Waals surface area contributed by atoms with Gasteiger partial charge < -0.3 is 20.5 Å². The number of hydrogen-bond acceptors (Lipinski definition) is 3. The normalized spacial score (nSPS) is 17.3. The van der Waals surface area contributed by atoms with Crippen LogP contribution in [0.15, 0.2) is 47.5 Å². The van der Waals surface area contributed by atoms with Gasteiger partial charge in [-0.1, -0.05) is 38.1 Å². The third-order valence-corrected chi connectivity index (χ3v) is 4.65. The third kappa shape index (κ3) is 5.47. The molecule has 2 aromatic carbocycles. The van der Waals surface area contributed by atoms with E-state index in [1.165, 1.54) is 5.56 Å². The van der Waals surface area contributed by atoms with Crippen molar-refractivity contribution in [1.29, 1.82) is 0 Å². The highest BCUT2D eigenvalue weighted by Gasteiger charge is 2.18. The van der Waals surface area contributed by atoms with Crippen LogP contribution in [0.3, 0.4) is 0 Å². The summed E-state index contributed by atoms with van der Waals surface area (Å²) < 4.78 is 11.5. The minimum Gasteiger partial charge on any atom is -0.488 e. The molecule has 0 amide bonds. The largest absolute Gasteiger partial charge is 0.488 e. The van der Waals surface area contributed by atoms with Crippen LogP contribution in [-0.2, 0) is 11.3 Å². The van der Waals surface area contributed by atoms with Crippen LogP contribution in [0.4, 0.5) is 5.69 Å². The molecule has 144 valence electrons. The van der Waals surface area contributed by atoms with E-state index in [1.54, 1.807) is 0 Å². The van der Waals surface area contributed by atoms with Crippen molar-refractivity contribution >= 4 is 11.6 Å². The van der Waals surface area contributed by atoms with Crippen molar-refractivity contribution in [1.82, 2.24) is 0 Å².